The molecule has 0 radical (unpaired) electrons. The maximum Gasteiger partial charge on any atom is 0.260 e. The lowest BCUT2D eigenvalue weighted by atomic mass is 9.88. The minimum absolute atomic E-state index is 0.0282. The van der Waals surface area contributed by atoms with E-state index in [1.54, 1.807) is 12.4 Å². The normalized spacial score (nSPS) is 19.7. The summed E-state index contributed by atoms with van der Waals surface area (Å²) >= 11 is 0. The van der Waals surface area contributed by atoms with Gasteiger partial charge in [0.25, 0.3) is 5.91 Å². The minimum atomic E-state index is -0.169. The van der Waals surface area contributed by atoms with Crippen LogP contribution in [0.3, 0.4) is 0 Å². The number of nitrogens with zero attached hydrogens (tertiary/aromatic N) is 4. The molecular formula is C24H28N6O2. The second-order valence-corrected chi connectivity index (χ2v) is 8.75. The Hall–Kier alpha value is -3.42. The van der Waals surface area contributed by atoms with Crippen LogP contribution in [0.2, 0.25) is 0 Å². The third-order valence-corrected chi connectivity index (χ3v) is 6.61. The Kier molecular flexibility index (Phi) is 5.51. The van der Waals surface area contributed by atoms with Gasteiger partial charge in [-0.25, -0.2) is 4.68 Å². The monoisotopic (exact) mass is 432 g/mol. The SMILES string of the molecule is CC(=O)NCC1CCn2ncc(C(=O)Nc3ccnn3C3CCCc4ccccc43)c2C1. The van der Waals surface area contributed by atoms with Crippen molar-refractivity contribution in [3.05, 3.63) is 65.1 Å². The number of anilines is 1. The summed E-state index contributed by atoms with van der Waals surface area (Å²) in [6, 6.07) is 10.5. The van der Waals surface area contributed by atoms with Crippen molar-refractivity contribution in [3.63, 3.8) is 0 Å². The number of hydrogen-bond donors (Lipinski definition) is 2. The van der Waals surface area contributed by atoms with Crippen LogP contribution in [0, 0.1) is 5.92 Å². The first-order chi connectivity index (χ1) is 15.6. The fourth-order valence-electron chi connectivity index (χ4n) is 4.98. The molecule has 0 bridgehead atoms. The Morgan fingerprint density at radius 3 is 2.91 bits per heavy atom. The largest absolute Gasteiger partial charge is 0.356 e. The molecule has 1 aromatic carbocycles. The molecule has 3 aromatic rings. The number of hydrogen-bond acceptors (Lipinski definition) is 4. The van der Waals surface area contributed by atoms with E-state index in [0.717, 1.165) is 44.3 Å². The highest BCUT2D eigenvalue weighted by atomic mass is 16.2. The number of carbonyl (C=O) groups is 2. The van der Waals surface area contributed by atoms with Crippen molar-refractivity contribution in [2.45, 2.75) is 51.6 Å². The Morgan fingerprint density at radius 1 is 1.16 bits per heavy atom. The van der Waals surface area contributed by atoms with Crippen molar-refractivity contribution >= 4 is 17.6 Å². The molecule has 0 saturated carbocycles. The number of nitrogens with one attached hydrogen (secondary N) is 2. The van der Waals surface area contributed by atoms with Gasteiger partial charge in [-0.3, -0.25) is 14.3 Å². The van der Waals surface area contributed by atoms with Crippen LogP contribution in [0.25, 0.3) is 0 Å². The van der Waals surface area contributed by atoms with Crippen LogP contribution in [0.5, 0.6) is 0 Å². The summed E-state index contributed by atoms with van der Waals surface area (Å²) in [5.74, 6) is 0.804. The molecule has 2 aliphatic rings. The first-order valence-corrected chi connectivity index (χ1v) is 11.3. The van der Waals surface area contributed by atoms with E-state index >= 15 is 0 Å². The molecule has 2 N–H and O–H groups in total. The molecule has 1 aliphatic heterocycles. The zero-order valence-electron chi connectivity index (χ0n) is 18.3. The molecule has 32 heavy (non-hydrogen) atoms. The molecule has 3 heterocycles. The molecule has 2 amide bonds. The summed E-state index contributed by atoms with van der Waals surface area (Å²) in [6.45, 7) is 2.90. The van der Waals surface area contributed by atoms with E-state index in [1.165, 1.54) is 18.1 Å². The number of aromatic nitrogens is 4. The molecule has 8 heteroatoms. The Balaban J connectivity index is 1.35. The zero-order chi connectivity index (χ0) is 22.1. The van der Waals surface area contributed by atoms with Crippen molar-refractivity contribution in [1.82, 2.24) is 24.9 Å². The molecule has 2 atom stereocenters. The maximum absolute atomic E-state index is 13.2. The molecule has 5 rings (SSSR count). The van der Waals surface area contributed by atoms with E-state index in [1.807, 2.05) is 15.4 Å². The molecule has 0 saturated heterocycles. The molecule has 166 valence electrons. The second-order valence-electron chi connectivity index (χ2n) is 8.75. The van der Waals surface area contributed by atoms with E-state index < -0.39 is 0 Å². The van der Waals surface area contributed by atoms with Gasteiger partial charge in [0.15, 0.2) is 0 Å². The lowest BCUT2D eigenvalue weighted by Gasteiger charge is -2.27. The lowest BCUT2D eigenvalue weighted by molar-refractivity contribution is -0.119. The van der Waals surface area contributed by atoms with Crippen LogP contribution < -0.4 is 10.6 Å². The first-order valence-electron chi connectivity index (χ1n) is 11.3. The van der Waals surface area contributed by atoms with Gasteiger partial charge in [-0.1, -0.05) is 24.3 Å². The summed E-state index contributed by atoms with van der Waals surface area (Å²) in [4.78, 5) is 24.5. The third-order valence-electron chi connectivity index (χ3n) is 6.61. The highest BCUT2D eigenvalue weighted by Gasteiger charge is 2.27. The first kappa shape index (κ1) is 20.5. The van der Waals surface area contributed by atoms with Gasteiger partial charge in [-0.2, -0.15) is 10.2 Å². The average Bonchev–Trinajstić information content (AvgIpc) is 3.44. The summed E-state index contributed by atoms with van der Waals surface area (Å²) in [7, 11) is 0. The van der Waals surface area contributed by atoms with Crippen molar-refractivity contribution in [1.29, 1.82) is 0 Å². The Morgan fingerprint density at radius 2 is 2.03 bits per heavy atom. The highest BCUT2D eigenvalue weighted by Crippen LogP contribution is 2.34. The number of amides is 2. The van der Waals surface area contributed by atoms with Gasteiger partial charge in [-0.05, 0) is 49.1 Å². The number of rotatable bonds is 5. The molecule has 8 nitrogen and oxygen atoms in total. The van der Waals surface area contributed by atoms with Gasteiger partial charge < -0.3 is 10.6 Å². The van der Waals surface area contributed by atoms with E-state index in [2.05, 4.69) is 45.1 Å². The van der Waals surface area contributed by atoms with Crippen LogP contribution in [0.4, 0.5) is 5.82 Å². The van der Waals surface area contributed by atoms with E-state index in [9.17, 15) is 9.59 Å². The van der Waals surface area contributed by atoms with Gasteiger partial charge >= 0.3 is 0 Å². The zero-order valence-corrected chi connectivity index (χ0v) is 18.3. The Bertz CT molecular complexity index is 1150. The quantitative estimate of drug-likeness (QED) is 0.648. The van der Waals surface area contributed by atoms with E-state index in [4.69, 9.17) is 0 Å². The number of fused-ring (bicyclic) bond motifs is 2. The van der Waals surface area contributed by atoms with Gasteiger partial charge in [0.2, 0.25) is 5.91 Å². The van der Waals surface area contributed by atoms with Crippen LogP contribution >= 0.6 is 0 Å². The topological polar surface area (TPSA) is 93.8 Å². The Labute approximate surface area is 187 Å². The second kappa shape index (κ2) is 8.61. The molecule has 0 spiro atoms. The molecular weight excluding hydrogens is 404 g/mol. The van der Waals surface area contributed by atoms with E-state index in [-0.39, 0.29) is 17.9 Å². The smallest absolute Gasteiger partial charge is 0.260 e. The van der Waals surface area contributed by atoms with Crippen LogP contribution in [-0.4, -0.2) is 37.9 Å². The highest BCUT2D eigenvalue weighted by molar-refractivity contribution is 6.04. The van der Waals surface area contributed by atoms with Crippen LogP contribution in [0.1, 0.15) is 59.4 Å². The van der Waals surface area contributed by atoms with Crippen LogP contribution in [0.15, 0.2) is 42.7 Å². The maximum atomic E-state index is 13.2. The van der Waals surface area contributed by atoms with Gasteiger partial charge in [0.1, 0.15) is 5.82 Å². The molecule has 1 aliphatic carbocycles. The molecule has 2 aromatic heterocycles. The standard InChI is InChI=1S/C24H28N6O2/c1-16(31)25-14-17-10-12-29-22(13-17)20(15-27-29)24(32)28-23-9-11-26-30(23)21-8-4-6-18-5-2-3-7-19(18)21/h2-3,5,7,9,11,15,17,21H,4,6,8,10,12-14H2,1H3,(H,25,31)(H,28,32). The fraction of sp³-hybridized carbons (Fsp3) is 0.417. The lowest BCUT2D eigenvalue weighted by Crippen LogP contribution is -2.32. The summed E-state index contributed by atoms with van der Waals surface area (Å²) in [5.41, 5.74) is 4.15. The van der Waals surface area contributed by atoms with Crippen molar-refractivity contribution < 1.29 is 9.59 Å². The minimum Gasteiger partial charge on any atom is -0.356 e. The average molecular weight is 433 g/mol. The van der Waals surface area contributed by atoms with Crippen molar-refractivity contribution in [3.8, 4) is 0 Å². The summed E-state index contributed by atoms with van der Waals surface area (Å²) in [6.07, 6.45) is 8.23. The number of aryl methyl sites for hydroxylation is 2. The molecule has 0 fully saturated rings. The van der Waals surface area contributed by atoms with E-state index in [0.29, 0.717) is 23.8 Å². The van der Waals surface area contributed by atoms with Gasteiger partial charge in [-0.15, -0.1) is 0 Å². The number of carbonyl (C=O) groups excluding carboxylic acids is 2. The van der Waals surface area contributed by atoms with Crippen molar-refractivity contribution in [2.24, 2.45) is 5.92 Å². The van der Waals surface area contributed by atoms with Gasteiger partial charge in [0.05, 0.1) is 29.7 Å². The van der Waals surface area contributed by atoms with Crippen molar-refractivity contribution in [2.75, 3.05) is 11.9 Å². The van der Waals surface area contributed by atoms with Gasteiger partial charge in [0, 0.05) is 26.1 Å². The van der Waals surface area contributed by atoms with Crippen LogP contribution in [-0.2, 0) is 24.2 Å². The fourth-order valence-corrected chi connectivity index (χ4v) is 4.98. The number of benzene rings is 1. The third kappa shape index (κ3) is 3.92. The summed E-state index contributed by atoms with van der Waals surface area (Å²) in [5, 5.41) is 14.9. The summed E-state index contributed by atoms with van der Waals surface area (Å²) < 4.78 is 3.85. The predicted molar refractivity (Wildman–Crippen MR) is 120 cm³/mol. The predicted octanol–water partition coefficient (Wildman–Crippen LogP) is 2.96. The molecule has 2 unspecified atom stereocenters.